The zero-order valence-electron chi connectivity index (χ0n) is 9.29. The third kappa shape index (κ3) is 10.5. The minimum Gasteiger partial charge on any atom is -0.369 e. The first-order valence-electron chi connectivity index (χ1n) is 4.46. The zero-order valence-corrected chi connectivity index (χ0v) is 11.7. The first kappa shape index (κ1) is 17.8. The molecule has 0 saturated heterocycles. The van der Waals surface area contributed by atoms with E-state index in [1.54, 1.807) is 18.2 Å². The molecule has 0 amide bonds. The van der Waals surface area contributed by atoms with Crippen LogP contribution in [0.5, 0.6) is 0 Å². The molecule has 1 aromatic rings. The van der Waals surface area contributed by atoms with E-state index < -0.39 is 7.82 Å². The van der Waals surface area contributed by atoms with E-state index in [9.17, 15) is 0 Å². The molecule has 1 aromatic carbocycles. The highest BCUT2D eigenvalue weighted by Crippen LogP contribution is 2.25. The molecule has 0 spiro atoms. The Bertz CT molecular complexity index is 491. The van der Waals surface area contributed by atoms with Crippen molar-refractivity contribution in [3.05, 3.63) is 33.8 Å². The maximum absolute atomic E-state index is 8.88. The maximum Gasteiger partial charge on any atom is 0.466 e. The Labute approximate surface area is 118 Å². The van der Waals surface area contributed by atoms with Gasteiger partial charge in [-0.1, -0.05) is 29.3 Å². The van der Waals surface area contributed by atoms with Crippen LogP contribution in [0.25, 0.3) is 0 Å². The van der Waals surface area contributed by atoms with Gasteiger partial charge in [0.05, 0.1) is 16.3 Å². The second-order valence-electron chi connectivity index (χ2n) is 2.93. The van der Waals surface area contributed by atoms with E-state index in [-0.39, 0.29) is 5.96 Å². The normalized spacial score (nSPS) is 10.8. The lowest BCUT2D eigenvalue weighted by molar-refractivity contribution is 0.275. The lowest BCUT2D eigenvalue weighted by atomic mass is 10.2. The fraction of sp³-hybridized carbons (Fsp3) is 0. The Balaban J connectivity index is 0.000000555. The molecule has 0 saturated carbocycles. The zero-order chi connectivity index (χ0) is 15.1. The minimum atomic E-state index is -4.64. The quantitative estimate of drug-likeness (QED) is 0.205. The number of guanidine groups is 1. The van der Waals surface area contributed by atoms with Gasteiger partial charge in [0.25, 0.3) is 0 Å². The summed E-state index contributed by atoms with van der Waals surface area (Å²) in [5.74, 6) is -0.246. The molecule has 0 heterocycles. The lowest BCUT2D eigenvalue weighted by Crippen LogP contribution is -2.25. The van der Waals surface area contributed by atoms with Crippen LogP contribution >= 0.6 is 31.0 Å². The number of hydrogen-bond acceptors (Lipinski definition) is 3. The summed E-state index contributed by atoms with van der Waals surface area (Å²) in [4.78, 5) is 21.6. The molecule has 106 valence electrons. The molecular weight excluding hydrogens is 318 g/mol. The molecule has 0 fully saturated rings. The van der Waals surface area contributed by atoms with Gasteiger partial charge in [0.15, 0.2) is 0 Å². The number of benzene rings is 1. The summed E-state index contributed by atoms with van der Waals surface area (Å²) >= 11 is 11.7. The first-order chi connectivity index (χ1) is 8.61. The molecule has 1 rings (SSSR count). The summed E-state index contributed by atoms with van der Waals surface area (Å²) in [5, 5.41) is 11.5. The molecule has 0 atom stereocenters. The summed E-state index contributed by atoms with van der Waals surface area (Å²) in [5.41, 5.74) is 7.87. The van der Waals surface area contributed by atoms with Crippen LogP contribution in [-0.4, -0.2) is 26.9 Å². The summed E-state index contributed by atoms with van der Waals surface area (Å²) in [7, 11) is -4.64. The van der Waals surface area contributed by atoms with Crippen LogP contribution in [0, 0.1) is 5.41 Å². The SMILES string of the molecule is N=C(N)N/N=C/c1c(Cl)cccc1Cl.O=P(O)(O)O. The lowest BCUT2D eigenvalue weighted by Gasteiger charge is -2.00. The number of phosphoric acid groups is 1. The van der Waals surface area contributed by atoms with Gasteiger partial charge in [-0.3, -0.25) is 5.41 Å². The van der Waals surface area contributed by atoms with Gasteiger partial charge < -0.3 is 20.4 Å². The van der Waals surface area contributed by atoms with Crippen LogP contribution in [0.2, 0.25) is 10.0 Å². The third-order valence-electron chi connectivity index (χ3n) is 1.38. The van der Waals surface area contributed by atoms with Crippen molar-refractivity contribution in [2.45, 2.75) is 0 Å². The van der Waals surface area contributed by atoms with Crippen molar-refractivity contribution in [2.75, 3.05) is 0 Å². The second-order valence-corrected chi connectivity index (χ2v) is 4.77. The van der Waals surface area contributed by atoms with Gasteiger partial charge in [-0.15, -0.1) is 0 Å². The van der Waals surface area contributed by atoms with Gasteiger partial charge in [-0.2, -0.15) is 5.10 Å². The number of nitrogens with one attached hydrogen (secondary N) is 2. The van der Waals surface area contributed by atoms with Crippen molar-refractivity contribution >= 4 is 43.2 Å². The average Bonchev–Trinajstić information content (AvgIpc) is 2.19. The topological polar surface area (TPSA) is 152 Å². The van der Waals surface area contributed by atoms with Gasteiger partial charge in [0.1, 0.15) is 0 Å². The summed E-state index contributed by atoms with van der Waals surface area (Å²) in [6.07, 6.45) is 1.41. The van der Waals surface area contributed by atoms with Gasteiger partial charge in [0, 0.05) is 5.56 Å². The molecule has 0 aliphatic rings. The van der Waals surface area contributed by atoms with Crippen molar-refractivity contribution < 1.29 is 19.2 Å². The van der Waals surface area contributed by atoms with E-state index in [2.05, 4.69) is 10.5 Å². The van der Waals surface area contributed by atoms with E-state index in [1.165, 1.54) is 6.21 Å². The van der Waals surface area contributed by atoms with Crippen LogP contribution in [-0.2, 0) is 4.57 Å². The Hall–Kier alpha value is -1.15. The van der Waals surface area contributed by atoms with Crippen molar-refractivity contribution in [1.82, 2.24) is 5.43 Å². The number of hydrazone groups is 1. The first-order valence-corrected chi connectivity index (χ1v) is 6.78. The third-order valence-corrected chi connectivity index (χ3v) is 2.04. The number of nitrogens with zero attached hydrogens (tertiary/aromatic N) is 1. The Morgan fingerprint density at radius 2 is 1.79 bits per heavy atom. The highest BCUT2D eigenvalue weighted by Gasteiger charge is 2.01. The van der Waals surface area contributed by atoms with Crippen LogP contribution < -0.4 is 11.2 Å². The Morgan fingerprint density at radius 1 is 1.37 bits per heavy atom. The average molecular weight is 329 g/mol. The molecule has 0 bridgehead atoms. The van der Waals surface area contributed by atoms with E-state index in [0.29, 0.717) is 15.6 Å². The van der Waals surface area contributed by atoms with E-state index >= 15 is 0 Å². The molecule has 11 heteroatoms. The molecule has 7 N–H and O–H groups in total. The van der Waals surface area contributed by atoms with E-state index in [0.717, 1.165) is 0 Å². The van der Waals surface area contributed by atoms with Gasteiger partial charge >= 0.3 is 7.82 Å². The Kier molecular flexibility index (Phi) is 7.62. The van der Waals surface area contributed by atoms with E-state index in [4.69, 9.17) is 53.6 Å². The van der Waals surface area contributed by atoms with Crippen LogP contribution in [0.4, 0.5) is 0 Å². The van der Waals surface area contributed by atoms with Crippen molar-refractivity contribution in [3.8, 4) is 0 Å². The van der Waals surface area contributed by atoms with Crippen LogP contribution in [0.3, 0.4) is 0 Å². The molecular formula is C8H11Cl2N4O4P. The predicted octanol–water partition coefficient (Wildman–Crippen LogP) is 0.882. The minimum absolute atomic E-state index is 0.246. The van der Waals surface area contributed by atoms with Crippen LogP contribution in [0.1, 0.15) is 5.56 Å². The molecule has 0 unspecified atom stereocenters. The number of hydrogen-bond donors (Lipinski definition) is 6. The monoisotopic (exact) mass is 328 g/mol. The summed E-state index contributed by atoms with van der Waals surface area (Å²) in [6.45, 7) is 0. The molecule has 0 aromatic heterocycles. The maximum atomic E-state index is 8.88. The fourth-order valence-electron chi connectivity index (χ4n) is 0.800. The molecule has 0 radical (unpaired) electrons. The van der Waals surface area contributed by atoms with Crippen molar-refractivity contribution in [3.63, 3.8) is 0 Å². The highest BCUT2D eigenvalue weighted by atomic mass is 35.5. The molecule has 0 aliphatic heterocycles. The largest absolute Gasteiger partial charge is 0.466 e. The van der Waals surface area contributed by atoms with Gasteiger partial charge in [-0.25, -0.2) is 9.99 Å². The number of nitrogens with two attached hydrogens (primary N) is 1. The van der Waals surface area contributed by atoms with Crippen molar-refractivity contribution in [1.29, 1.82) is 5.41 Å². The molecule has 0 aliphatic carbocycles. The predicted molar refractivity (Wildman–Crippen MR) is 73.4 cm³/mol. The summed E-state index contributed by atoms with van der Waals surface area (Å²) < 4.78 is 8.88. The number of rotatable bonds is 2. The second kappa shape index (κ2) is 8.11. The summed E-state index contributed by atoms with van der Waals surface area (Å²) in [6, 6.07) is 5.13. The van der Waals surface area contributed by atoms with Gasteiger partial charge in [0.2, 0.25) is 5.96 Å². The fourth-order valence-corrected chi connectivity index (χ4v) is 1.30. The standard InChI is InChI=1S/C8H8Cl2N4.H3O4P/c9-6-2-1-3-7(10)5(6)4-13-14-8(11)12;1-5(2,3)4/h1-4H,(H4,11,12,14);(H3,1,2,3,4)/b13-4+;. The number of halogens is 2. The Morgan fingerprint density at radius 3 is 2.16 bits per heavy atom. The van der Waals surface area contributed by atoms with Crippen molar-refractivity contribution in [2.24, 2.45) is 10.8 Å². The molecule has 19 heavy (non-hydrogen) atoms. The van der Waals surface area contributed by atoms with Crippen LogP contribution in [0.15, 0.2) is 23.3 Å². The smallest absolute Gasteiger partial charge is 0.369 e. The highest BCUT2D eigenvalue weighted by molar-refractivity contribution is 7.45. The molecule has 8 nitrogen and oxygen atoms in total. The van der Waals surface area contributed by atoms with Gasteiger partial charge in [-0.05, 0) is 12.1 Å². The van der Waals surface area contributed by atoms with E-state index in [1.807, 2.05) is 0 Å².